The summed E-state index contributed by atoms with van der Waals surface area (Å²) < 4.78 is 7.27. The number of aliphatic hydroxyl groups is 1. The van der Waals surface area contributed by atoms with Crippen LogP contribution in [0.25, 0.3) is 16.6 Å². The Bertz CT molecular complexity index is 1140. The molecule has 1 amide bonds. The molecule has 10 heteroatoms. The van der Waals surface area contributed by atoms with Crippen LogP contribution in [-0.2, 0) is 0 Å². The lowest BCUT2D eigenvalue weighted by molar-refractivity contribution is 0.103. The van der Waals surface area contributed by atoms with Crippen LogP contribution < -0.4 is 15.0 Å². The van der Waals surface area contributed by atoms with E-state index in [9.17, 15) is 15.2 Å². The number of carboxylic acid groups (broad SMARTS) is 1. The Morgan fingerprint density at radius 1 is 1.42 bits per heavy atom. The fraction of sp³-hybridized carbons (Fsp3) is 0.333. The van der Waals surface area contributed by atoms with E-state index in [-0.39, 0.29) is 0 Å². The maximum Gasteiger partial charge on any atom is 0.405 e. The van der Waals surface area contributed by atoms with Gasteiger partial charge in [0.05, 0.1) is 42.2 Å². The molecule has 0 spiro atoms. The molecule has 1 aliphatic rings. The average Bonchev–Trinajstić information content (AvgIpc) is 3.18. The van der Waals surface area contributed by atoms with Crippen molar-refractivity contribution in [1.82, 2.24) is 19.9 Å². The Labute approximate surface area is 178 Å². The molecule has 3 aromatic heterocycles. The molecule has 0 aromatic carbocycles. The summed E-state index contributed by atoms with van der Waals surface area (Å²) in [5, 5.41) is 35.1. The van der Waals surface area contributed by atoms with Gasteiger partial charge in [0, 0.05) is 30.4 Å². The molecule has 0 aliphatic carbocycles. The number of fused-ring (bicyclic) bond motifs is 1. The van der Waals surface area contributed by atoms with Gasteiger partial charge < -0.3 is 25.2 Å². The fourth-order valence-electron chi connectivity index (χ4n) is 3.83. The molecule has 1 aliphatic heterocycles. The predicted molar refractivity (Wildman–Crippen MR) is 112 cm³/mol. The highest BCUT2D eigenvalue weighted by Crippen LogP contribution is 2.31. The summed E-state index contributed by atoms with van der Waals surface area (Å²) >= 11 is 0. The summed E-state index contributed by atoms with van der Waals surface area (Å²) in [5.74, 6) is 1.31. The highest BCUT2D eigenvalue weighted by molar-refractivity contribution is 5.85. The third-order valence-corrected chi connectivity index (χ3v) is 5.29. The maximum atomic E-state index is 11.0. The molecule has 2 atom stereocenters. The van der Waals surface area contributed by atoms with Crippen molar-refractivity contribution in [3.63, 3.8) is 0 Å². The lowest BCUT2D eigenvalue weighted by atomic mass is 10.0. The van der Waals surface area contributed by atoms with Crippen LogP contribution in [0.15, 0.2) is 36.8 Å². The first-order valence-corrected chi connectivity index (χ1v) is 9.93. The second-order valence-corrected chi connectivity index (χ2v) is 7.25. The summed E-state index contributed by atoms with van der Waals surface area (Å²) in [5.41, 5.74) is 2.70. The highest BCUT2D eigenvalue weighted by Gasteiger charge is 2.29. The monoisotopic (exact) mass is 422 g/mol. The van der Waals surface area contributed by atoms with Crippen molar-refractivity contribution >= 4 is 17.4 Å². The summed E-state index contributed by atoms with van der Waals surface area (Å²) in [4.78, 5) is 17.5. The Morgan fingerprint density at radius 2 is 2.26 bits per heavy atom. The zero-order valence-corrected chi connectivity index (χ0v) is 16.9. The van der Waals surface area contributed by atoms with E-state index in [0.29, 0.717) is 48.8 Å². The quantitative estimate of drug-likeness (QED) is 0.567. The van der Waals surface area contributed by atoms with E-state index in [1.165, 1.54) is 6.20 Å². The van der Waals surface area contributed by atoms with Crippen molar-refractivity contribution in [2.24, 2.45) is 0 Å². The average molecular weight is 422 g/mol. The van der Waals surface area contributed by atoms with Gasteiger partial charge in [0.1, 0.15) is 17.6 Å². The molecule has 1 saturated heterocycles. The van der Waals surface area contributed by atoms with Crippen molar-refractivity contribution in [2.75, 3.05) is 24.6 Å². The number of hydrogen-bond donors (Lipinski definition) is 3. The molecule has 160 valence electrons. The van der Waals surface area contributed by atoms with Crippen molar-refractivity contribution < 1.29 is 19.7 Å². The molecule has 31 heavy (non-hydrogen) atoms. The van der Waals surface area contributed by atoms with E-state index in [1.807, 2.05) is 30.0 Å². The lowest BCUT2D eigenvalue weighted by Gasteiger charge is -2.36. The molecule has 1 fully saturated rings. The van der Waals surface area contributed by atoms with Gasteiger partial charge in [-0.3, -0.25) is 0 Å². The fourth-order valence-corrected chi connectivity index (χ4v) is 3.83. The zero-order valence-electron chi connectivity index (χ0n) is 16.9. The first-order valence-electron chi connectivity index (χ1n) is 9.93. The summed E-state index contributed by atoms with van der Waals surface area (Å²) in [6.45, 7) is 3.29. The Balaban J connectivity index is 1.65. The van der Waals surface area contributed by atoms with Gasteiger partial charge >= 0.3 is 6.09 Å². The molecule has 3 aromatic rings. The molecule has 4 rings (SSSR count). The molecular formula is C21H22N6O4. The molecule has 10 nitrogen and oxygen atoms in total. The summed E-state index contributed by atoms with van der Waals surface area (Å²) in [6.07, 6.45) is 3.50. The normalized spacial score (nSPS) is 18.5. The van der Waals surface area contributed by atoms with Gasteiger partial charge in [0.25, 0.3) is 0 Å². The smallest absolute Gasteiger partial charge is 0.405 e. The van der Waals surface area contributed by atoms with E-state index in [4.69, 9.17) is 9.84 Å². The molecule has 0 radical (unpaired) electrons. The molecule has 0 unspecified atom stereocenters. The van der Waals surface area contributed by atoms with Crippen LogP contribution >= 0.6 is 0 Å². The number of aromatic nitrogens is 3. The van der Waals surface area contributed by atoms with Gasteiger partial charge in [0.15, 0.2) is 0 Å². The van der Waals surface area contributed by atoms with Crippen molar-refractivity contribution in [1.29, 1.82) is 5.26 Å². The van der Waals surface area contributed by atoms with E-state index in [2.05, 4.69) is 21.5 Å². The molecule has 3 N–H and O–H groups in total. The Morgan fingerprint density at radius 3 is 2.94 bits per heavy atom. The van der Waals surface area contributed by atoms with Gasteiger partial charge in [-0.1, -0.05) is 0 Å². The van der Waals surface area contributed by atoms with E-state index >= 15 is 0 Å². The third kappa shape index (κ3) is 4.08. The van der Waals surface area contributed by atoms with Crippen molar-refractivity contribution in [2.45, 2.75) is 25.5 Å². The SMILES string of the molecule is CCOc1cc(-c2ccc(N3CC[C@@H](O)[C@H](NC(=O)O)C3)nc2)c2c(C#N)cnn2c1. The lowest BCUT2D eigenvalue weighted by Crippen LogP contribution is -2.55. The van der Waals surface area contributed by atoms with Gasteiger partial charge in [-0.05, 0) is 31.5 Å². The predicted octanol–water partition coefficient (Wildman–Crippen LogP) is 1.87. The van der Waals surface area contributed by atoms with Gasteiger partial charge in [-0.15, -0.1) is 0 Å². The number of carbonyl (C=O) groups is 1. The number of aliphatic hydroxyl groups excluding tert-OH is 1. The van der Waals surface area contributed by atoms with Crippen molar-refractivity contribution in [3.8, 4) is 22.9 Å². The highest BCUT2D eigenvalue weighted by atomic mass is 16.5. The number of nitrogens with one attached hydrogen (secondary N) is 1. The number of hydrogen-bond acceptors (Lipinski definition) is 7. The van der Waals surface area contributed by atoms with Gasteiger partial charge in [-0.25, -0.2) is 14.3 Å². The summed E-state index contributed by atoms with van der Waals surface area (Å²) in [6, 6.07) is 7.19. The van der Waals surface area contributed by atoms with E-state index in [0.717, 1.165) is 11.1 Å². The Hall–Kier alpha value is -3.84. The number of nitrogens with zero attached hydrogens (tertiary/aromatic N) is 5. The van der Waals surface area contributed by atoms with Crippen LogP contribution in [0.4, 0.5) is 10.6 Å². The second kappa shape index (κ2) is 8.49. The Kier molecular flexibility index (Phi) is 5.60. The molecule has 0 saturated carbocycles. The maximum absolute atomic E-state index is 11.0. The van der Waals surface area contributed by atoms with Gasteiger partial charge in [0.2, 0.25) is 0 Å². The van der Waals surface area contributed by atoms with Gasteiger partial charge in [-0.2, -0.15) is 10.4 Å². The first kappa shape index (κ1) is 20.4. The number of amides is 1. The molecular weight excluding hydrogens is 400 g/mol. The van der Waals surface area contributed by atoms with Crippen LogP contribution in [-0.4, -0.2) is 62.7 Å². The number of anilines is 1. The minimum atomic E-state index is -1.17. The standard InChI is InChI=1S/C21H22N6O4/c1-2-31-15-7-16(20-14(8-22)10-24-27(20)11-15)13-3-4-19(23-9-13)26-6-5-18(28)17(12-26)25-21(29)30/h3-4,7,9-11,17-18,25,28H,2,5-6,12H2,1H3,(H,29,30)/t17-,18-/m1/s1. The van der Waals surface area contributed by atoms with Crippen LogP contribution in [0.5, 0.6) is 5.75 Å². The number of ether oxygens (including phenoxy) is 1. The minimum absolute atomic E-state index is 0.324. The van der Waals surface area contributed by atoms with Crippen LogP contribution in [0, 0.1) is 11.3 Å². The second-order valence-electron chi connectivity index (χ2n) is 7.25. The summed E-state index contributed by atoms with van der Waals surface area (Å²) in [7, 11) is 0. The number of pyridine rings is 2. The van der Waals surface area contributed by atoms with Crippen molar-refractivity contribution in [3.05, 3.63) is 42.4 Å². The largest absolute Gasteiger partial charge is 0.492 e. The molecule has 0 bridgehead atoms. The van der Waals surface area contributed by atoms with Crippen LogP contribution in [0.3, 0.4) is 0 Å². The zero-order chi connectivity index (χ0) is 22.0. The first-order chi connectivity index (χ1) is 15.0. The number of rotatable bonds is 5. The molecule has 4 heterocycles. The van der Waals surface area contributed by atoms with Crippen LogP contribution in [0.2, 0.25) is 0 Å². The van der Waals surface area contributed by atoms with Crippen LogP contribution in [0.1, 0.15) is 18.9 Å². The number of piperidine rings is 1. The third-order valence-electron chi connectivity index (χ3n) is 5.29. The number of nitriles is 1. The topological polar surface area (TPSA) is 136 Å². The van der Waals surface area contributed by atoms with E-state index in [1.54, 1.807) is 16.9 Å². The minimum Gasteiger partial charge on any atom is -0.492 e. The van der Waals surface area contributed by atoms with E-state index < -0.39 is 18.2 Å².